The molecular weight excluding hydrogens is 368 g/mol. The number of anilines is 1. The molecule has 6 nitrogen and oxygen atoms in total. The molecule has 0 spiro atoms. The van der Waals surface area contributed by atoms with Crippen molar-refractivity contribution < 1.29 is 27.1 Å². The van der Waals surface area contributed by atoms with Crippen LogP contribution in [-0.4, -0.2) is 27.3 Å². The van der Waals surface area contributed by atoms with Gasteiger partial charge in [-0.25, -0.2) is 18.4 Å². The van der Waals surface area contributed by atoms with Gasteiger partial charge in [0.2, 0.25) is 5.82 Å². The summed E-state index contributed by atoms with van der Waals surface area (Å²) in [5, 5.41) is 6.28. The van der Waals surface area contributed by atoms with Gasteiger partial charge in [-0.15, -0.1) is 5.10 Å². The van der Waals surface area contributed by atoms with Crippen LogP contribution in [0.3, 0.4) is 0 Å². The van der Waals surface area contributed by atoms with Gasteiger partial charge in [0.05, 0.1) is 11.4 Å². The molecule has 0 fully saturated rings. The Balaban J connectivity index is 1.80. The fourth-order valence-electron chi connectivity index (χ4n) is 2.27. The van der Waals surface area contributed by atoms with E-state index >= 15 is 0 Å². The highest BCUT2D eigenvalue weighted by Crippen LogP contribution is 2.19. The van der Waals surface area contributed by atoms with Crippen molar-refractivity contribution in [1.82, 2.24) is 14.8 Å². The van der Waals surface area contributed by atoms with E-state index in [1.54, 1.807) is 6.92 Å². The number of alkyl halides is 2. The van der Waals surface area contributed by atoms with E-state index in [2.05, 4.69) is 20.1 Å². The Kier molecular flexibility index (Phi) is 5.06. The monoisotopic (exact) mass is 380 g/mol. The Bertz CT molecular complexity index is 974. The minimum Gasteiger partial charge on any atom is -0.435 e. The van der Waals surface area contributed by atoms with E-state index in [4.69, 9.17) is 0 Å². The average Bonchev–Trinajstić information content (AvgIpc) is 2.99. The minimum atomic E-state index is -2.94. The molecule has 0 aliphatic carbocycles. The molecule has 0 saturated carbocycles. The molecule has 0 saturated heterocycles. The first-order chi connectivity index (χ1) is 12.8. The first-order valence-corrected chi connectivity index (χ1v) is 7.59. The van der Waals surface area contributed by atoms with E-state index < -0.39 is 24.2 Å². The molecule has 140 valence electrons. The summed E-state index contributed by atoms with van der Waals surface area (Å²) in [6.07, 6.45) is 0. The molecule has 2 aromatic carbocycles. The van der Waals surface area contributed by atoms with Crippen LogP contribution >= 0.6 is 0 Å². The molecule has 27 heavy (non-hydrogen) atoms. The number of nitrogens with zero attached hydrogens (tertiary/aromatic N) is 3. The van der Waals surface area contributed by atoms with Crippen molar-refractivity contribution >= 4 is 11.6 Å². The van der Waals surface area contributed by atoms with Crippen LogP contribution in [0, 0.1) is 18.6 Å². The van der Waals surface area contributed by atoms with Crippen molar-refractivity contribution in [2.24, 2.45) is 0 Å². The van der Waals surface area contributed by atoms with E-state index in [0.29, 0.717) is 17.6 Å². The van der Waals surface area contributed by atoms with E-state index in [1.165, 1.54) is 28.9 Å². The van der Waals surface area contributed by atoms with E-state index in [-0.39, 0.29) is 17.3 Å². The second kappa shape index (κ2) is 7.44. The summed E-state index contributed by atoms with van der Waals surface area (Å²) in [6.45, 7) is -1.36. The van der Waals surface area contributed by atoms with Gasteiger partial charge >= 0.3 is 6.61 Å². The number of rotatable bonds is 5. The van der Waals surface area contributed by atoms with Crippen molar-refractivity contribution in [3.63, 3.8) is 0 Å². The van der Waals surface area contributed by atoms with Gasteiger partial charge in [-0.3, -0.25) is 4.79 Å². The van der Waals surface area contributed by atoms with Crippen molar-refractivity contribution in [2.75, 3.05) is 5.32 Å². The molecule has 10 heteroatoms. The number of benzene rings is 2. The number of carbonyl (C=O) groups excluding carboxylic acids is 1. The van der Waals surface area contributed by atoms with Crippen LogP contribution in [0.1, 0.15) is 16.4 Å². The van der Waals surface area contributed by atoms with Crippen LogP contribution < -0.4 is 10.1 Å². The predicted molar refractivity (Wildman–Crippen MR) is 87.0 cm³/mol. The lowest BCUT2D eigenvalue weighted by Crippen LogP contribution is -2.15. The fourth-order valence-corrected chi connectivity index (χ4v) is 2.27. The lowest BCUT2D eigenvalue weighted by Gasteiger charge is -2.06. The Hall–Kier alpha value is -3.43. The van der Waals surface area contributed by atoms with Gasteiger partial charge in [0.15, 0.2) is 0 Å². The lowest BCUT2D eigenvalue weighted by molar-refractivity contribution is -0.0498. The van der Waals surface area contributed by atoms with Crippen LogP contribution in [0.5, 0.6) is 5.75 Å². The summed E-state index contributed by atoms with van der Waals surface area (Å²) >= 11 is 0. The molecule has 1 aromatic heterocycles. The number of carbonyl (C=O) groups is 1. The van der Waals surface area contributed by atoms with Crippen molar-refractivity contribution in [3.8, 4) is 11.4 Å². The first-order valence-electron chi connectivity index (χ1n) is 7.59. The van der Waals surface area contributed by atoms with Crippen LogP contribution in [-0.2, 0) is 0 Å². The van der Waals surface area contributed by atoms with Crippen molar-refractivity contribution in [2.45, 2.75) is 13.5 Å². The zero-order chi connectivity index (χ0) is 19.6. The number of hydrogen-bond donors (Lipinski definition) is 1. The summed E-state index contributed by atoms with van der Waals surface area (Å²) in [5.74, 6) is -2.44. The van der Waals surface area contributed by atoms with Crippen molar-refractivity contribution in [3.05, 3.63) is 65.7 Å². The molecule has 0 atom stereocenters. The van der Waals surface area contributed by atoms with Crippen LogP contribution in [0.2, 0.25) is 0 Å². The summed E-state index contributed by atoms with van der Waals surface area (Å²) in [5.41, 5.74) is 0.234. The number of hydrogen-bond acceptors (Lipinski definition) is 4. The lowest BCUT2D eigenvalue weighted by atomic mass is 10.3. The molecule has 0 aliphatic rings. The maximum Gasteiger partial charge on any atom is 0.387 e. The molecule has 1 amide bonds. The van der Waals surface area contributed by atoms with Gasteiger partial charge in [0, 0.05) is 6.07 Å². The van der Waals surface area contributed by atoms with Gasteiger partial charge in [-0.05, 0) is 43.3 Å². The maximum absolute atomic E-state index is 13.6. The third kappa shape index (κ3) is 4.22. The Morgan fingerprint density at radius 3 is 2.48 bits per heavy atom. The molecule has 0 aliphatic heterocycles. The number of amides is 1. The average molecular weight is 380 g/mol. The van der Waals surface area contributed by atoms with Gasteiger partial charge in [-0.2, -0.15) is 8.78 Å². The predicted octanol–water partition coefficient (Wildman–Crippen LogP) is 3.71. The fraction of sp³-hybridized carbons (Fsp3) is 0.118. The highest BCUT2D eigenvalue weighted by molar-refractivity contribution is 6.01. The number of aryl methyl sites for hydroxylation is 1. The van der Waals surface area contributed by atoms with Crippen LogP contribution in [0.25, 0.3) is 5.69 Å². The van der Waals surface area contributed by atoms with Crippen molar-refractivity contribution in [1.29, 1.82) is 0 Å². The highest BCUT2D eigenvalue weighted by atomic mass is 19.3. The third-order valence-electron chi connectivity index (χ3n) is 3.46. The first kappa shape index (κ1) is 18.4. The van der Waals surface area contributed by atoms with E-state index in [1.807, 2.05) is 0 Å². The molecule has 0 unspecified atom stereocenters. The molecule has 3 aromatic rings. The van der Waals surface area contributed by atoms with Crippen LogP contribution in [0.4, 0.5) is 23.2 Å². The molecule has 3 rings (SSSR count). The van der Waals surface area contributed by atoms with Crippen LogP contribution in [0.15, 0.2) is 42.5 Å². The molecular formula is C17H12F4N4O2. The topological polar surface area (TPSA) is 69.0 Å². The van der Waals surface area contributed by atoms with E-state index in [9.17, 15) is 22.4 Å². The SMILES string of the molecule is Cc1nc(C(=O)Nc2ccc(F)cc2F)nn1-c1ccc(OC(F)F)cc1. The van der Waals surface area contributed by atoms with E-state index in [0.717, 1.165) is 12.1 Å². The molecule has 1 N–H and O–H groups in total. The Morgan fingerprint density at radius 1 is 1.15 bits per heavy atom. The normalized spacial score (nSPS) is 10.9. The van der Waals surface area contributed by atoms with Gasteiger partial charge < -0.3 is 10.1 Å². The molecule has 0 bridgehead atoms. The Labute approximate surface area is 150 Å². The zero-order valence-corrected chi connectivity index (χ0v) is 13.8. The molecule has 0 radical (unpaired) electrons. The second-order valence-electron chi connectivity index (χ2n) is 5.35. The number of halogens is 4. The number of ether oxygens (including phenoxy) is 1. The Morgan fingerprint density at radius 2 is 1.85 bits per heavy atom. The van der Waals surface area contributed by atoms with Gasteiger partial charge in [0.25, 0.3) is 5.91 Å². The quantitative estimate of drug-likeness (QED) is 0.686. The summed E-state index contributed by atoms with van der Waals surface area (Å²) < 4.78 is 56.5. The highest BCUT2D eigenvalue weighted by Gasteiger charge is 2.17. The number of aromatic nitrogens is 3. The molecule has 1 heterocycles. The summed E-state index contributed by atoms with van der Waals surface area (Å²) in [6, 6.07) is 8.26. The smallest absolute Gasteiger partial charge is 0.387 e. The largest absolute Gasteiger partial charge is 0.435 e. The number of nitrogens with one attached hydrogen (secondary N) is 1. The van der Waals surface area contributed by atoms with Gasteiger partial charge in [-0.1, -0.05) is 0 Å². The van der Waals surface area contributed by atoms with Gasteiger partial charge in [0.1, 0.15) is 23.2 Å². The zero-order valence-electron chi connectivity index (χ0n) is 13.8. The minimum absolute atomic E-state index is 0.0312. The second-order valence-corrected chi connectivity index (χ2v) is 5.35. The summed E-state index contributed by atoms with van der Waals surface area (Å²) in [7, 11) is 0. The third-order valence-corrected chi connectivity index (χ3v) is 3.46. The summed E-state index contributed by atoms with van der Waals surface area (Å²) in [4.78, 5) is 16.2. The maximum atomic E-state index is 13.6. The standard InChI is InChI=1S/C17H12F4N4O2/c1-9-22-15(16(26)23-14-7-2-10(18)8-13(14)19)24-25(9)11-3-5-12(6-4-11)27-17(20)21/h2-8,17H,1H3,(H,23,26).